The topological polar surface area (TPSA) is 53.5 Å². The molecule has 5 nitrogen and oxygen atoms in total. The summed E-state index contributed by atoms with van der Waals surface area (Å²) in [6.07, 6.45) is 1.26. The Morgan fingerprint density at radius 2 is 2.22 bits per heavy atom. The standard InChI is InChI=1S/C20H25N3O2S2/c1-12(2)8-23-10-15(7-19(23)24)20(25)22-5-4-17-14(9-22)6-18(27-17)16-11-26-13(3)21-16/h6,11-12,15H,4-5,7-10H2,1-3H3. The Hall–Kier alpha value is -1.73. The second-order valence-electron chi connectivity index (χ2n) is 7.91. The maximum Gasteiger partial charge on any atom is 0.228 e. The lowest BCUT2D eigenvalue weighted by Crippen LogP contribution is -2.40. The van der Waals surface area contributed by atoms with Gasteiger partial charge in [0.15, 0.2) is 0 Å². The highest BCUT2D eigenvalue weighted by molar-refractivity contribution is 7.16. The number of aromatic nitrogens is 1. The van der Waals surface area contributed by atoms with Gasteiger partial charge in [-0.2, -0.15) is 0 Å². The van der Waals surface area contributed by atoms with E-state index in [1.54, 1.807) is 22.7 Å². The molecule has 0 aromatic carbocycles. The Kier molecular flexibility index (Phi) is 5.07. The second kappa shape index (κ2) is 7.36. The first-order valence-corrected chi connectivity index (χ1v) is 11.2. The molecule has 27 heavy (non-hydrogen) atoms. The average Bonchev–Trinajstić information content (AvgIpc) is 3.32. The van der Waals surface area contributed by atoms with Gasteiger partial charge < -0.3 is 9.80 Å². The molecule has 4 heterocycles. The SMILES string of the molecule is Cc1nc(-c2cc3c(s2)CCN(C(=O)C2CC(=O)N(CC(C)C)C2)C3)cs1. The first-order chi connectivity index (χ1) is 12.9. The third-order valence-corrected chi connectivity index (χ3v) is 7.23. The van der Waals surface area contributed by atoms with Gasteiger partial charge in [-0.15, -0.1) is 22.7 Å². The fourth-order valence-electron chi connectivity index (χ4n) is 3.94. The number of nitrogens with zero attached hydrogens (tertiary/aromatic N) is 3. The molecule has 0 bridgehead atoms. The molecule has 2 aromatic heterocycles. The molecule has 0 spiro atoms. The highest BCUT2D eigenvalue weighted by Gasteiger charge is 2.37. The molecular formula is C20H25N3O2S2. The third-order valence-electron chi connectivity index (χ3n) is 5.20. The van der Waals surface area contributed by atoms with Crippen molar-refractivity contribution in [3.05, 3.63) is 26.9 Å². The highest BCUT2D eigenvalue weighted by Crippen LogP contribution is 2.35. The van der Waals surface area contributed by atoms with Crippen molar-refractivity contribution in [2.24, 2.45) is 11.8 Å². The second-order valence-corrected chi connectivity index (χ2v) is 10.1. The number of hydrogen-bond donors (Lipinski definition) is 0. The van der Waals surface area contributed by atoms with Crippen LogP contribution in [0.25, 0.3) is 10.6 Å². The number of rotatable bonds is 4. The van der Waals surface area contributed by atoms with Gasteiger partial charge in [0, 0.05) is 42.9 Å². The van der Waals surface area contributed by atoms with Gasteiger partial charge in [-0.1, -0.05) is 13.8 Å². The number of carbonyl (C=O) groups is 2. The van der Waals surface area contributed by atoms with Gasteiger partial charge in [-0.25, -0.2) is 4.98 Å². The van der Waals surface area contributed by atoms with Crippen LogP contribution in [-0.4, -0.2) is 46.2 Å². The summed E-state index contributed by atoms with van der Waals surface area (Å²) < 4.78 is 0. The molecule has 0 N–H and O–H groups in total. The van der Waals surface area contributed by atoms with Crippen molar-refractivity contribution in [1.82, 2.24) is 14.8 Å². The van der Waals surface area contributed by atoms with E-state index in [1.807, 2.05) is 16.7 Å². The van der Waals surface area contributed by atoms with E-state index in [2.05, 4.69) is 30.3 Å². The van der Waals surface area contributed by atoms with Crippen molar-refractivity contribution in [2.45, 2.75) is 40.2 Å². The molecule has 4 rings (SSSR count). The maximum absolute atomic E-state index is 13.0. The smallest absolute Gasteiger partial charge is 0.228 e. The van der Waals surface area contributed by atoms with E-state index in [1.165, 1.54) is 15.3 Å². The van der Waals surface area contributed by atoms with Gasteiger partial charge in [-0.05, 0) is 30.9 Å². The molecule has 2 amide bonds. The van der Waals surface area contributed by atoms with E-state index in [-0.39, 0.29) is 17.7 Å². The normalized spacial score (nSPS) is 19.9. The van der Waals surface area contributed by atoms with Crippen LogP contribution in [0.3, 0.4) is 0 Å². The summed E-state index contributed by atoms with van der Waals surface area (Å²) >= 11 is 3.47. The summed E-state index contributed by atoms with van der Waals surface area (Å²) in [5.74, 6) is 0.505. The van der Waals surface area contributed by atoms with Crippen molar-refractivity contribution >= 4 is 34.5 Å². The Labute approximate surface area is 168 Å². The number of thiophene rings is 1. The van der Waals surface area contributed by atoms with Crippen molar-refractivity contribution in [1.29, 1.82) is 0 Å². The number of hydrogen-bond acceptors (Lipinski definition) is 5. The van der Waals surface area contributed by atoms with Gasteiger partial charge in [-0.3, -0.25) is 9.59 Å². The first kappa shape index (κ1) is 18.6. The lowest BCUT2D eigenvalue weighted by Gasteiger charge is -2.29. The summed E-state index contributed by atoms with van der Waals surface area (Å²) in [5.41, 5.74) is 2.28. The Morgan fingerprint density at radius 3 is 2.93 bits per heavy atom. The number of amides is 2. The molecule has 144 valence electrons. The van der Waals surface area contributed by atoms with Crippen LogP contribution in [0.2, 0.25) is 0 Å². The number of thiazole rings is 1. The number of carbonyl (C=O) groups excluding carboxylic acids is 2. The zero-order valence-corrected chi connectivity index (χ0v) is 17.7. The van der Waals surface area contributed by atoms with Gasteiger partial charge in [0.25, 0.3) is 0 Å². The molecule has 1 fully saturated rings. The minimum atomic E-state index is -0.183. The van der Waals surface area contributed by atoms with Gasteiger partial charge in [0.2, 0.25) is 11.8 Å². The number of likely N-dealkylation sites (tertiary alicyclic amines) is 1. The van der Waals surface area contributed by atoms with E-state index >= 15 is 0 Å². The quantitative estimate of drug-likeness (QED) is 0.784. The van der Waals surface area contributed by atoms with Gasteiger partial charge >= 0.3 is 0 Å². The molecule has 1 saturated heterocycles. The van der Waals surface area contributed by atoms with E-state index < -0.39 is 0 Å². The Balaban J connectivity index is 1.44. The van der Waals surface area contributed by atoms with E-state index in [0.29, 0.717) is 25.4 Å². The van der Waals surface area contributed by atoms with Crippen LogP contribution in [0.1, 0.15) is 35.7 Å². The Morgan fingerprint density at radius 1 is 1.41 bits per heavy atom. The highest BCUT2D eigenvalue weighted by atomic mass is 32.1. The molecule has 0 saturated carbocycles. The Bertz CT molecular complexity index is 870. The maximum atomic E-state index is 13.0. The molecule has 0 aliphatic carbocycles. The van der Waals surface area contributed by atoms with Crippen LogP contribution in [0.5, 0.6) is 0 Å². The van der Waals surface area contributed by atoms with Crippen molar-refractivity contribution in [2.75, 3.05) is 19.6 Å². The molecule has 2 aliphatic rings. The largest absolute Gasteiger partial charge is 0.342 e. The number of aryl methyl sites for hydroxylation is 1. The van der Waals surface area contributed by atoms with Crippen LogP contribution < -0.4 is 0 Å². The zero-order chi connectivity index (χ0) is 19.1. The summed E-state index contributed by atoms with van der Waals surface area (Å²) in [6, 6.07) is 2.19. The zero-order valence-electron chi connectivity index (χ0n) is 16.0. The third kappa shape index (κ3) is 3.80. The van der Waals surface area contributed by atoms with E-state index in [0.717, 1.165) is 30.2 Å². The fraction of sp³-hybridized carbons (Fsp3) is 0.550. The van der Waals surface area contributed by atoms with Crippen LogP contribution in [0.4, 0.5) is 0 Å². The molecule has 7 heteroatoms. The van der Waals surface area contributed by atoms with Crippen LogP contribution >= 0.6 is 22.7 Å². The summed E-state index contributed by atoms with van der Waals surface area (Å²) in [7, 11) is 0. The van der Waals surface area contributed by atoms with E-state index in [9.17, 15) is 9.59 Å². The van der Waals surface area contributed by atoms with Crippen LogP contribution in [-0.2, 0) is 22.6 Å². The van der Waals surface area contributed by atoms with Gasteiger partial charge in [0.1, 0.15) is 0 Å². The predicted molar refractivity (Wildman–Crippen MR) is 109 cm³/mol. The first-order valence-electron chi connectivity index (χ1n) is 9.51. The molecule has 1 unspecified atom stereocenters. The minimum Gasteiger partial charge on any atom is -0.342 e. The van der Waals surface area contributed by atoms with Crippen molar-refractivity contribution < 1.29 is 9.59 Å². The molecule has 1 atom stereocenters. The molecule has 0 radical (unpaired) electrons. The van der Waals surface area contributed by atoms with E-state index in [4.69, 9.17) is 0 Å². The van der Waals surface area contributed by atoms with Crippen LogP contribution in [0.15, 0.2) is 11.4 Å². The number of fused-ring (bicyclic) bond motifs is 1. The lowest BCUT2D eigenvalue weighted by molar-refractivity contribution is -0.136. The predicted octanol–water partition coefficient (Wildman–Crippen LogP) is 3.57. The molecular weight excluding hydrogens is 378 g/mol. The van der Waals surface area contributed by atoms with Crippen molar-refractivity contribution in [3.63, 3.8) is 0 Å². The molecule has 2 aliphatic heterocycles. The lowest BCUT2D eigenvalue weighted by atomic mass is 10.0. The summed E-state index contributed by atoms with van der Waals surface area (Å²) in [4.78, 5) is 36.2. The van der Waals surface area contributed by atoms with Crippen molar-refractivity contribution in [3.8, 4) is 10.6 Å². The fourth-order valence-corrected chi connectivity index (χ4v) is 5.75. The summed E-state index contributed by atoms with van der Waals surface area (Å²) in [5, 5.41) is 3.17. The average molecular weight is 404 g/mol. The minimum absolute atomic E-state index is 0.122. The monoisotopic (exact) mass is 403 g/mol. The molecule has 2 aromatic rings. The summed E-state index contributed by atoms with van der Waals surface area (Å²) in [6.45, 7) is 8.95. The van der Waals surface area contributed by atoms with Crippen LogP contribution in [0, 0.1) is 18.8 Å². The van der Waals surface area contributed by atoms with Gasteiger partial charge in [0.05, 0.1) is 21.5 Å².